The van der Waals surface area contributed by atoms with E-state index < -0.39 is 0 Å². The van der Waals surface area contributed by atoms with E-state index >= 15 is 0 Å². The highest BCUT2D eigenvalue weighted by Crippen LogP contribution is 2.25. The van der Waals surface area contributed by atoms with Gasteiger partial charge >= 0.3 is 0 Å². The van der Waals surface area contributed by atoms with E-state index in [1.807, 2.05) is 0 Å². The topological polar surface area (TPSA) is 38.7 Å². The number of rotatable bonds is 2. The number of allylic oxidation sites excluding steroid dienone is 1. The molecule has 0 radical (unpaired) electrons. The van der Waals surface area contributed by atoms with Crippen LogP contribution >= 0.6 is 0 Å². The first-order chi connectivity index (χ1) is 5.27. The number of ether oxygens (including phenoxy) is 2. The van der Waals surface area contributed by atoms with Gasteiger partial charge in [-0.25, -0.2) is 0 Å². The smallest absolute Gasteiger partial charge is 0.146 e. The molecule has 1 N–H and O–H groups in total. The first-order valence-electron chi connectivity index (χ1n) is 3.72. The van der Waals surface area contributed by atoms with Crippen LogP contribution in [0, 0.1) is 5.41 Å². The average Bonchev–Trinajstić information content (AvgIpc) is 2.03. The molecular weight excluding hydrogens is 144 g/mol. The molecule has 64 valence electrons. The second-order valence-electron chi connectivity index (χ2n) is 3.21. The minimum absolute atomic E-state index is 0.0392. The number of aliphatic hydroxyl groups excluding tert-OH is 1. The fourth-order valence-corrected chi connectivity index (χ4v) is 1.13. The summed E-state index contributed by atoms with van der Waals surface area (Å²) in [6.07, 6.45) is 3.58. The molecule has 0 spiro atoms. The van der Waals surface area contributed by atoms with Crippen molar-refractivity contribution in [3.05, 3.63) is 12.3 Å². The van der Waals surface area contributed by atoms with Crippen LogP contribution in [0.5, 0.6) is 0 Å². The monoisotopic (exact) mass is 158 g/mol. The van der Waals surface area contributed by atoms with Crippen LogP contribution in [0.3, 0.4) is 0 Å². The molecular formula is C8H14O3. The van der Waals surface area contributed by atoms with Gasteiger partial charge in [0, 0.05) is 5.41 Å². The zero-order chi connectivity index (χ0) is 8.16. The van der Waals surface area contributed by atoms with E-state index in [2.05, 4.69) is 6.92 Å². The predicted octanol–water partition coefficient (Wildman–Crippen LogP) is 1.46. The van der Waals surface area contributed by atoms with Gasteiger partial charge in [0.2, 0.25) is 0 Å². The summed E-state index contributed by atoms with van der Waals surface area (Å²) in [5, 5.41) is 8.45. The van der Waals surface area contributed by atoms with E-state index in [1.165, 1.54) is 0 Å². The Kier molecular flexibility index (Phi) is 2.91. The molecule has 0 saturated carbocycles. The molecule has 0 atom stereocenters. The molecule has 0 aromatic carbocycles. The van der Waals surface area contributed by atoms with E-state index in [0.29, 0.717) is 20.0 Å². The molecule has 0 amide bonds. The van der Waals surface area contributed by atoms with Gasteiger partial charge in [-0.3, -0.25) is 0 Å². The molecule has 0 aromatic heterocycles. The Labute approximate surface area is 66.6 Å². The molecule has 0 unspecified atom stereocenters. The van der Waals surface area contributed by atoms with Gasteiger partial charge in [0.15, 0.2) is 0 Å². The molecule has 1 rings (SSSR count). The first-order valence-corrected chi connectivity index (χ1v) is 3.72. The molecule has 0 bridgehead atoms. The van der Waals surface area contributed by atoms with Crippen molar-refractivity contribution in [2.45, 2.75) is 13.3 Å². The molecule has 1 fully saturated rings. The van der Waals surface area contributed by atoms with Gasteiger partial charge in [0.1, 0.15) is 6.79 Å². The number of aliphatic hydroxyl groups is 1. The van der Waals surface area contributed by atoms with Crippen LogP contribution < -0.4 is 0 Å². The van der Waals surface area contributed by atoms with E-state index in [9.17, 15) is 0 Å². The molecule has 3 heteroatoms. The Hall–Kier alpha value is -0.540. The largest absolute Gasteiger partial charge is 0.516 e. The third kappa shape index (κ3) is 2.52. The Morgan fingerprint density at radius 2 is 2.09 bits per heavy atom. The third-order valence-corrected chi connectivity index (χ3v) is 1.78. The van der Waals surface area contributed by atoms with Gasteiger partial charge in [-0.05, 0) is 12.5 Å². The highest BCUT2D eigenvalue weighted by molar-refractivity contribution is 4.85. The molecule has 1 aliphatic heterocycles. The van der Waals surface area contributed by atoms with Crippen LogP contribution in [0.15, 0.2) is 12.3 Å². The summed E-state index contributed by atoms with van der Waals surface area (Å²) in [7, 11) is 0. The van der Waals surface area contributed by atoms with Crippen molar-refractivity contribution in [2.24, 2.45) is 5.41 Å². The average molecular weight is 158 g/mol. The molecule has 11 heavy (non-hydrogen) atoms. The van der Waals surface area contributed by atoms with E-state index in [0.717, 1.165) is 12.7 Å². The van der Waals surface area contributed by atoms with Crippen molar-refractivity contribution in [1.29, 1.82) is 0 Å². The summed E-state index contributed by atoms with van der Waals surface area (Å²) >= 11 is 0. The lowest BCUT2D eigenvalue weighted by atomic mass is 9.88. The van der Waals surface area contributed by atoms with Crippen LogP contribution in [0.4, 0.5) is 0 Å². The van der Waals surface area contributed by atoms with Crippen LogP contribution in [-0.4, -0.2) is 25.1 Å². The minimum Gasteiger partial charge on any atom is -0.516 e. The SMILES string of the molecule is CC1(CC=CO)COCOC1. The summed E-state index contributed by atoms with van der Waals surface area (Å²) in [6, 6.07) is 0. The van der Waals surface area contributed by atoms with Crippen molar-refractivity contribution in [3.8, 4) is 0 Å². The van der Waals surface area contributed by atoms with Crippen molar-refractivity contribution < 1.29 is 14.6 Å². The lowest BCUT2D eigenvalue weighted by Gasteiger charge is -2.31. The Morgan fingerprint density at radius 1 is 1.45 bits per heavy atom. The highest BCUT2D eigenvalue weighted by atomic mass is 16.7. The fourth-order valence-electron chi connectivity index (χ4n) is 1.13. The maximum atomic E-state index is 8.45. The van der Waals surface area contributed by atoms with Gasteiger partial charge in [0.05, 0.1) is 19.5 Å². The molecule has 1 aliphatic rings. The number of hydrogen-bond donors (Lipinski definition) is 1. The maximum Gasteiger partial charge on any atom is 0.146 e. The first kappa shape index (κ1) is 8.56. The van der Waals surface area contributed by atoms with Gasteiger partial charge in [-0.2, -0.15) is 0 Å². The van der Waals surface area contributed by atoms with E-state index in [1.54, 1.807) is 6.08 Å². The van der Waals surface area contributed by atoms with E-state index in [-0.39, 0.29) is 5.41 Å². The van der Waals surface area contributed by atoms with Crippen LogP contribution in [0.2, 0.25) is 0 Å². The normalized spacial score (nSPS) is 24.1. The predicted molar refractivity (Wildman–Crippen MR) is 41.3 cm³/mol. The van der Waals surface area contributed by atoms with E-state index in [4.69, 9.17) is 14.6 Å². The van der Waals surface area contributed by atoms with Gasteiger partial charge in [-0.15, -0.1) is 0 Å². The Bertz CT molecular complexity index is 136. The quantitative estimate of drug-likeness (QED) is 0.618. The summed E-state index contributed by atoms with van der Waals surface area (Å²) in [6.45, 7) is 3.89. The van der Waals surface area contributed by atoms with Crippen LogP contribution in [-0.2, 0) is 9.47 Å². The summed E-state index contributed by atoms with van der Waals surface area (Å²) in [5.41, 5.74) is 0.0392. The van der Waals surface area contributed by atoms with Crippen LogP contribution in [0.25, 0.3) is 0 Å². The second-order valence-corrected chi connectivity index (χ2v) is 3.21. The standard InChI is InChI=1S/C8H14O3/c1-8(3-2-4-9)5-10-7-11-6-8/h2,4,9H,3,5-7H2,1H3. The summed E-state index contributed by atoms with van der Waals surface area (Å²) in [4.78, 5) is 0. The molecule has 0 aliphatic carbocycles. The third-order valence-electron chi connectivity index (χ3n) is 1.78. The van der Waals surface area contributed by atoms with Crippen LogP contribution in [0.1, 0.15) is 13.3 Å². The lowest BCUT2D eigenvalue weighted by Crippen LogP contribution is -2.34. The Morgan fingerprint density at radius 3 is 2.64 bits per heavy atom. The van der Waals surface area contributed by atoms with Crippen molar-refractivity contribution in [3.63, 3.8) is 0 Å². The molecule has 1 heterocycles. The Balaban J connectivity index is 2.37. The van der Waals surface area contributed by atoms with Crippen molar-refractivity contribution in [2.75, 3.05) is 20.0 Å². The zero-order valence-electron chi connectivity index (χ0n) is 6.75. The van der Waals surface area contributed by atoms with Gasteiger partial charge < -0.3 is 14.6 Å². The molecule has 0 aromatic rings. The summed E-state index contributed by atoms with van der Waals surface area (Å²) < 4.78 is 10.3. The van der Waals surface area contributed by atoms with Crippen molar-refractivity contribution >= 4 is 0 Å². The zero-order valence-corrected chi connectivity index (χ0v) is 6.75. The second kappa shape index (κ2) is 3.74. The van der Waals surface area contributed by atoms with Gasteiger partial charge in [-0.1, -0.05) is 6.92 Å². The van der Waals surface area contributed by atoms with Gasteiger partial charge in [0.25, 0.3) is 0 Å². The highest BCUT2D eigenvalue weighted by Gasteiger charge is 2.26. The lowest BCUT2D eigenvalue weighted by molar-refractivity contribution is -0.157. The fraction of sp³-hybridized carbons (Fsp3) is 0.750. The molecule has 1 saturated heterocycles. The molecule has 3 nitrogen and oxygen atoms in total. The van der Waals surface area contributed by atoms with Crippen molar-refractivity contribution in [1.82, 2.24) is 0 Å². The minimum atomic E-state index is 0.0392. The summed E-state index contributed by atoms with van der Waals surface area (Å²) in [5.74, 6) is 0. The number of hydrogen-bond acceptors (Lipinski definition) is 3. The maximum absolute atomic E-state index is 8.45.